The summed E-state index contributed by atoms with van der Waals surface area (Å²) in [6.45, 7) is 4.16. The number of carbonyl (C=O) groups excluding carboxylic acids is 1. The van der Waals surface area contributed by atoms with E-state index in [-0.39, 0.29) is 18.9 Å². The third-order valence-electron chi connectivity index (χ3n) is 3.81. The van der Waals surface area contributed by atoms with Crippen molar-refractivity contribution < 1.29 is 17.9 Å². The van der Waals surface area contributed by atoms with Crippen LogP contribution in [0.4, 0.5) is 0 Å². The summed E-state index contributed by atoms with van der Waals surface area (Å²) in [5, 5.41) is 0. The number of sulfonamides is 1. The number of Topliss-reactive ketones (excluding diaryl/α,β-unsaturated/α-hetero) is 1. The minimum atomic E-state index is -3.54. The number of ether oxygens (including phenoxy) is 1. The van der Waals surface area contributed by atoms with Gasteiger partial charge in [0.1, 0.15) is 11.5 Å². The molecular weight excluding hydrogens is 278 g/mol. The third kappa shape index (κ3) is 2.58. The summed E-state index contributed by atoms with van der Waals surface area (Å²) in [5.41, 5.74) is 1.52. The topological polar surface area (TPSA) is 63.7 Å². The van der Waals surface area contributed by atoms with Gasteiger partial charge in [-0.1, -0.05) is 0 Å². The molecule has 0 bridgehead atoms. The van der Waals surface area contributed by atoms with Crippen LogP contribution in [-0.2, 0) is 14.8 Å². The van der Waals surface area contributed by atoms with Crippen molar-refractivity contribution in [3.63, 3.8) is 0 Å². The Morgan fingerprint density at radius 3 is 2.25 bits per heavy atom. The summed E-state index contributed by atoms with van der Waals surface area (Å²) in [7, 11) is -1.98. The largest absolute Gasteiger partial charge is 0.496 e. The van der Waals surface area contributed by atoms with Gasteiger partial charge in [0, 0.05) is 25.9 Å². The van der Waals surface area contributed by atoms with Gasteiger partial charge < -0.3 is 4.74 Å². The molecule has 1 saturated heterocycles. The monoisotopic (exact) mass is 297 g/mol. The average molecular weight is 297 g/mol. The van der Waals surface area contributed by atoms with E-state index >= 15 is 0 Å². The summed E-state index contributed by atoms with van der Waals surface area (Å²) in [5.74, 6) is 0.800. The van der Waals surface area contributed by atoms with Crippen LogP contribution in [-0.4, -0.2) is 38.7 Å². The van der Waals surface area contributed by atoms with E-state index in [1.807, 2.05) is 6.92 Å². The molecular formula is C14H19NO4S. The zero-order valence-corrected chi connectivity index (χ0v) is 12.8. The number of rotatable bonds is 3. The summed E-state index contributed by atoms with van der Waals surface area (Å²) in [4.78, 5) is 11.5. The Labute approximate surface area is 119 Å². The number of ketones is 1. The summed E-state index contributed by atoms with van der Waals surface area (Å²) in [6, 6.07) is 3.25. The van der Waals surface area contributed by atoms with Crippen molar-refractivity contribution >= 4 is 15.8 Å². The van der Waals surface area contributed by atoms with Crippen molar-refractivity contribution in [1.29, 1.82) is 0 Å². The van der Waals surface area contributed by atoms with Crippen molar-refractivity contribution in [2.45, 2.75) is 31.6 Å². The van der Waals surface area contributed by atoms with Gasteiger partial charge in [-0.05, 0) is 37.1 Å². The Kier molecular flexibility index (Phi) is 4.15. The molecule has 0 atom stereocenters. The summed E-state index contributed by atoms with van der Waals surface area (Å²) < 4.78 is 31.9. The van der Waals surface area contributed by atoms with Crippen LogP contribution in [0.25, 0.3) is 0 Å². The zero-order chi connectivity index (χ0) is 14.9. The SMILES string of the molecule is COc1ccc(S(=O)(=O)N2CCC(=O)CC2)c(C)c1C. The highest BCUT2D eigenvalue weighted by Crippen LogP contribution is 2.29. The van der Waals surface area contributed by atoms with Crippen molar-refractivity contribution in [2.24, 2.45) is 0 Å². The van der Waals surface area contributed by atoms with E-state index in [9.17, 15) is 13.2 Å². The van der Waals surface area contributed by atoms with Crippen molar-refractivity contribution in [2.75, 3.05) is 20.2 Å². The molecule has 0 spiro atoms. The first-order valence-electron chi connectivity index (χ1n) is 6.54. The lowest BCUT2D eigenvalue weighted by Crippen LogP contribution is -2.38. The van der Waals surface area contributed by atoms with Gasteiger partial charge in [-0.3, -0.25) is 4.79 Å². The molecule has 0 unspecified atom stereocenters. The third-order valence-corrected chi connectivity index (χ3v) is 5.85. The molecule has 1 aliphatic heterocycles. The lowest BCUT2D eigenvalue weighted by molar-refractivity contribution is -0.120. The van der Waals surface area contributed by atoms with Gasteiger partial charge in [0.05, 0.1) is 12.0 Å². The molecule has 110 valence electrons. The van der Waals surface area contributed by atoms with E-state index in [0.717, 1.165) is 5.56 Å². The number of piperidine rings is 1. The van der Waals surface area contributed by atoms with E-state index in [2.05, 4.69) is 0 Å². The van der Waals surface area contributed by atoms with Crippen LogP contribution in [0.1, 0.15) is 24.0 Å². The lowest BCUT2D eigenvalue weighted by Gasteiger charge is -2.26. The van der Waals surface area contributed by atoms with E-state index in [1.54, 1.807) is 26.2 Å². The first kappa shape index (κ1) is 15.0. The average Bonchev–Trinajstić information content (AvgIpc) is 2.42. The highest BCUT2D eigenvalue weighted by Gasteiger charge is 2.30. The molecule has 0 aromatic heterocycles. The number of hydrogen-bond acceptors (Lipinski definition) is 4. The first-order valence-corrected chi connectivity index (χ1v) is 7.98. The molecule has 0 saturated carbocycles. The molecule has 1 aromatic carbocycles. The molecule has 6 heteroatoms. The van der Waals surface area contributed by atoms with Gasteiger partial charge in [0.25, 0.3) is 0 Å². The summed E-state index contributed by atoms with van der Waals surface area (Å²) in [6.07, 6.45) is 0.598. The van der Waals surface area contributed by atoms with Crippen molar-refractivity contribution in [3.05, 3.63) is 23.3 Å². The van der Waals surface area contributed by atoms with Crippen LogP contribution in [0, 0.1) is 13.8 Å². The maximum absolute atomic E-state index is 12.6. The van der Waals surface area contributed by atoms with Gasteiger partial charge in [-0.15, -0.1) is 0 Å². The quantitative estimate of drug-likeness (QED) is 0.851. The Bertz CT molecular complexity index is 627. The highest BCUT2D eigenvalue weighted by molar-refractivity contribution is 7.89. The number of carbonyl (C=O) groups is 1. The first-order chi connectivity index (χ1) is 9.37. The number of hydrogen-bond donors (Lipinski definition) is 0. The van der Waals surface area contributed by atoms with Gasteiger partial charge in [0.2, 0.25) is 10.0 Å². The molecule has 1 aliphatic rings. The predicted molar refractivity (Wildman–Crippen MR) is 75.5 cm³/mol. The standard InChI is InChI=1S/C14H19NO4S/c1-10-11(2)14(5-4-13(10)19-3)20(17,18)15-8-6-12(16)7-9-15/h4-5H,6-9H2,1-3H3. The maximum Gasteiger partial charge on any atom is 0.243 e. The van der Waals surface area contributed by atoms with Gasteiger partial charge in [0.15, 0.2) is 0 Å². The second-order valence-corrected chi connectivity index (χ2v) is 6.87. The predicted octanol–water partition coefficient (Wildman–Crippen LogP) is 1.67. The van der Waals surface area contributed by atoms with Crippen molar-refractivity contribution in [3.8, 4) is 5.75 Å². The fraction of sp³-hybridized carbons (Fsp3) is 0.500. The smallest absolute Gasteiger partial charge is 0.243 e. The lowest BCUT2D eigenvalue weighted by atomic mass is 10.1. The summed E-state index contributed by atoms with van der Waals surface area (Å²) >= 11 is 0. The molecule has 2 rings (SSSR count). The minimum absolute atomic E-state index is 0.124. The molecule has 5 nitrogen and oxygen atoms in total. The number of methoxy groups -OCH3 is 1. The highest BCUT2D eigenvalue weighted by atomic mass is 32.2. The Balaban J connectivity index is 2.40. The fourth-order valence-electron chi connectivity index (χ4n) is 2.39. The fourth-order valence-corrected chi connectivity index (χ4v) is 4.11. The normalized spacial score (nSPS) is 17.2. The van der Waals surface area contributed by atoms with Crippen LogP contribution in [0.2, 0.25) is 0 Å². The van der Waals surface area contributed by atoms with E-state index in [0.29, 0.717) is 29.1 Å². The van der Waals surface area contributed by atoms with Crippen LogP contribution in [0.3, 0.4) is 0 Å². The van der Waals surface area contributed by atoms with E-state index in [1.165, 1.54) is 4.31 Å². The maximum atomic E-state index is 12.6. The van der Waals surface area contributed by atoms with Crippen LogP contribution < -0.4 is 4.74 Å². The van der Waals surface area contributed by atoms with Crippen LogP contribution >= 0.6 is 0 Å². The molecule has 0 radical (unpaired) electrons. The Morgan fingerprint density at radius 2 is 1.70 bits per heavy atom. The molecule has 1 heterocycles. The van der Waals surface area contributed by atoms with E-state index < -0.39 is 10.0 Å². The van der Waals surface area contributed by atoms with Crippen molar-refractivity contribution in [1.82, 2.24) is 4.31 Å². The van der Waals surface area contributed by atoms with Gasteiger partial charge in [-0.25, -0.2) is 8.42 Å². The molecule has 0 N–H and O–H groups in total. The Morgan fingerprint density at radius 1 is 1.10 bits per heavy atom. The van der Waals surface area contributed by atoms with Gasteiger partial charge in [-0.2, -0.15) is 4.31 Å². The minimum Gasteiger partial charge on any atom is -0.496 e. The second kappa shape index (κ2) is 5.54. The molecule has 0 aliphatic carbocycles. The zero-order valence-electron chi connectivity index (χ0n) is 12.0. The molecule has 20 heavy (non-hydrogen) atoms. The molecule has 1 fully saturated rings. The number of benzene rings is 1. The van der Waals surface area contributed by atoms with Crippen LogP contribution in [0.15, 0.2) is 17.0 Å². The molecule has 0 amide bonds. The van der Waals surface area contributed by atoms with Crippen LogP contribution in [0.5, 0.6) is 5.75 Å². The molecule has 1 aromatic rings. The van der Waals surface area contributed by atoms with E-state index in [4.69, 9.17) is 4.74 Å². The number of nitrogens with zero attached hydrogens (tertiary/aromatic N) is 1. The Hall–Kier alpha value is -1.40. The van der Waals surface area contributed by atoms with Gasteiger partial charge >= 0.3 is 0 Å². The second-order valence-electron chi connectivity index (χ2n) is 4.96.